The van der Waals surface area contributed by atoms with Crippen LogP contribution < -0.4 is 16.4 Å². The van der Waals surface area contributed by atoms with Crippen molar-refractivity contribution in [2.45, 2.75) is 51.0 Å². The predicted molar refractivity (Wildman–Crippen MR) is 81.8 cm³/mol. The van der Waals surface area contributed by atoms with Gasteiger partial charge in [0.25, 0.3) is 0 Å². The molecule has 0 spiro atoms. The third-order valence-electron chi connectivity index (χ3n) is 4.64. The summed E-state index contributed by atoms with van der Waals surface area (Å²) in [7, 11) is 0. The van der Waals surface area contributed by atoms with Crippen molar-refractivity contribution in [1.82, 2.24) is 15.5 Å². The number of carbonyl (C=O) groups excluding carboxylic acids is 2. The third kappa shape index (κ3) is 5.19. The van der Waals surface area contributed by atoms with Gasteiger partial charge in [-0.05, 0) is 38.1 Å². The Hall–Kier alpha value is -1.30. The van der Waals surface area contributed by atoms with E-state index in [1.165, 1.54) is 19.3 Å². The topological polar surface area (TPSA) is 87.5 Å². The summed E-state index contributed by atoms with van der Waals surface area (Å²) in [5.74, 6) is 0.542. The summed E-state index contributed by atoms with van der Waals surface area (Å²) in [5, 5.41) is 5.64. The number of amides is 3. The van der Waals surface area contributed by atoms with Crippen LogP contribution in [0.15, 0.2) is 0 Å². The summed E-state index contributed by atoms with van der Waals surface area (Å²) < 4.78 is 0. The van der Waals surface area contributed by atoms with Crippen LogP contribution in [0.1, 0.15) is 44.9 Å². The maximum absolute atomic E-state index is 12.0. The Morgan fingerprint density at radius 2 is 1.71 bits per heavy atom. The molecule has 0 bridgehead atoms. The standard InChI is InChI=1S/C15H28N4O2/c16-10-12-6-8-19(9-7-12)14(20)11-17-15(21)18-13-4-2-1-3-5-13/h12-13H,1-11,16H2,(H2,17,18,21). The predicted octanol–water partition coefficient (Wildman–Crippen LogP) is 0.816. The van der Waals surface area contributed by atoms with Gasteiger partial charge in [-0.1, -0.05) is 19.3 Å². The first-order valence-electron chi connectivity index (χ1n) is 8.21. The van der Waals surface area contributed by atoms with Crippen molar-refractivity contribution in [3.8, 4) is 0 Å². The second-order valence-corrected chi connectivity index (χ2v) is 6.22. The van der Waals surface area contributed by atoms with E-state index >= 15 is 0 Å². The molecule has 2 rings (SSSR count). The number of likely N-dealkylation sites (tertiary alicyclic amines) is 1. The van der Waals surface area contributed by atoms with E-state index in [4.69, 9.17) is 5.73 Å². The Kier molecular flexibility index (Phi) is 6.29. The van der Waals surface area contributed by atoms with Crippen LogP contribution in [0.5, 0.6) is 0 Å². The van der Waals surface area contributed by atoms with Crippen LogP contribution in [0.2, 0.25) is 0 Å². The lowest BCUT2D eigenvalue weighted by Gasteiger charge is -2.31. The highest BCUT2D eigenvalue weighted by Gasteiger charge is 2.22. The van der Waals surface area contributed by atoms with E-state index in [-0.39, 0.29) is 24.5 Å². The van der Waals surface area contributed by atoms with E-state index < -0.39 is 0 Å². The van der Waals surface area contributed by atoms with Gasteiger partial charge in [0.1, 0.15) is 0 Å². The third-order valence-corrected chi connectivity index (χ3v) is 4.64. The highest BCUT2D eigenvalue weighted by molar-refractivity contribution is 5.84. The van der Waals surface area contributed by atoms with E-state index in [1.54, 1.807) is 0 Å². The van der Waals surface area contributed by atoms with Crippen molar-refractivity contribution < 1.29 is 9.59 Å². The van der Waals surface area contributed by atoms with Gasteiger partial charge in [0.15, 0.2) is 0 Å². The van der Waals surface area contributed by atoms with Crippen LogP contribution in [0, 0.1) is 5.92 Å². The van der Waals surface area contributed by atoms with Crippen molar-refractivity contribution >= 4 is 11.9 Å². The maximum atomic E-state index is 12.0. The number of nitrogens with one attached hydrogen (secondary N) is 2. The normalized spacial score (nSPS) is 21.1. The Balaban J connectivity index is 1.63. The fraction of sp³-hybridized carbons (Fsp3) is 0.867. The molecule has 0 aromatic carbocycles. The average Bonchev–Trinajstić information content (AvgIpc) is 2.53. The minimum Gasteiger partial charge on any atom is -0.341 e. The molecule has 1 aliphatic heterocycles. The molecule has 0 aromatic rings. The number of hydrogen-bond donors (Lipinski definition) is 3. The van der Waals surface area contributed by atoms with Gasteiger partial charge in [-0.25, -0.2) is 4.79 Å². The summed E-state index contributed by atoms with van der Waals surface area (Å²) in [6.07, 6.45) is 7.66. The molecule has 0 radical (unpaired) electrons. The highest BCUT2D eigenvalue weighted by atomic mass is 16.2. The number of nitrogens with zero attached hydrogens (tertiary/aromatic N) is 1. The highest BCUT2D eigenvalue weighted by Crippen LogP contribution is 2.17. The number of nitrogens with two attached hydrogens (primary N) is 1. The monoisotopic (exact) mass is 296 g/mol. The second-order valence-electron chi connectivity index (χ2n) is 6.22. The minimum atomic E-state index is -0.216. The molecule has 6 nitrogen and oxygen atoms in total. The molecule has 0 aromatic heterocycles. The van der Waals surface area contributed by atoms with Crippen molar-refractivity contribution in [1.29, 1.82) is 0 Å². The zero-order valence-electron chi connectivity index (χ0n) is 12.8. The molecule has 1 aliphatic carbocycles. The molecule has 0 unspecified atom stereocenters. The molecule has 0 atom stereocenters. The fourth-order valence-corrected chi connectivity index (χ4v) is 3.17. The molecular weight excluding hydrogens is 268 g/mol. The maximum Gasteiger partial charge on any atom is 0.315 e. The van der Waals surface area contributed by atoms with Crippen LogP contribution in [0.25, 0.3) is 0 Å². The summed E-state index contributed by atoms with van der Waals surface area (Å²) in [5.41, 5.74) is 5.64. The molecule has 1 heterocycles. The van der Waals surface area contributed by atoms with Crippen molar-refractivity contribution in [3.63, 3.8) is 0 Å². The fourth-order valence-electron chi connectivity index (χ4n) is 3.17. The molecule has 1 saturated carbocycles. The van der Waals surface area contributed by atoms with Crippen molar-refractivity contribution in [3.05, 3.63) is 0 Å². The van der Waals surface area contributed by atoms with Gasteiger partial charge >= 0.3 is 6.03 Å². The van der Waals surface area contributed by atoms with E-state index in [0.717, 1.165) is 38.8 Å². The Bertz CT molecular complexity index is 348. The number of rotatable bonds is 4. The first-order chi connectivity index (χ1) is 10.2. The summed E-state index contributed by atoms with van der Waals surface area (Å²) in [6.45, 7) is 2.30. The van der Waals surface area contributed by atoms with Crippen LogP contribution >= 0.6 is 0 Å². The van der Waals surface area contributed by atoms with Gasteiger partial charge in [-0.15, -0.1) is 0 Å². The molecule has 21 heavy (non-hydrogen) atoms. The lowest BCUT2D eigenvalue weighted by atomic mass is 9.96. The summed E-state index contributed by atoms with van der Waals surface area (Å²) >= 11 is 0. The van der Waals surface area contributed by atoms with Crippen LogP contribution in [-0.4, -0.2) is 49.1 Å². The summed E-state index contributed by atoms with van der Waals surface area (Å²) in [6, 6.07) is 0.0567. The Labute approximate surface area is 126 Å². The second kappa shape index (κ2) is 8.22. The lowest BCUT2D eigenvalue weighted by molar-refractivity contribution is -0.131. The SMILES string of the molecule is NCC1CCN(C(=O)CNC(=O)NC2CCCCC2)CC1. The van der Waals surface area contributed by atoms with Gasteiger partial charge in [0.2, 0.25) is 5.91 Å². The van der Waals surface area contributed by atoms with E-state index in [2.05, 4.69) is 10.6 Å². The molecule has 1 saturated heterocycles. The van der Waals surface area contributed by atoms with Crippen molar-refractivity contribution in [2.75, 3.05) is 26.2 Å². The summed E-state index contributed by atoms with van der Waals surface area (Å²) in [4.78, 5) is 25.7. The molecule has 4 N–H and O–H groups in total. The minimum absolute atomic E-state index is 0.00395. The molecule has 2 aliphatic rings. The van der Waals surface area contributed by atoms with E-state index in [1.807, 2.05) is 4.90 Å². The van der Waals surface area contributed by atoms with Crippen molar-refractivity contribution in [2.24, 2.45) is 11.7 Å². The van der Waals surface area contributed by atoms with Crippen LogP contribution in [0.3, 0.4) is 0 Å². The smallest absolute Gasteiger partial charge is 0.315 e. The average molecular weight is 296 g/mol. The quantitative estimate of drug-likeness (QED) is 0.717. The Morgan fingerprint density at radius 3 is 2.33 bits per heavy atom. The lowest BCUT2D eigenvalue weighted by Crippen LogP contribution is -2.48. The largest absolute Gasteiger partial charge is 0.341 e. The number of piperidine rings is 1. The molecule has 3 amide bonds. The molecule has 6 heteroatoms. The van der Waals surface area contributed by atoms with E-state index in [9.17, 15) is 9.59 Å². The van der Waals surface area contributed by atoms with Crippen LogP contribution in [0.4, 0.5) is 4.79 Å². The van der Waals surface area contributed by atoms with Gasteiger partial charge < -0.3 is 21.3 Å². The molecule has 2 fully saturated rings. The van der Waals surface area contributed by atoms with Crippen LogP contribution in [-0.2, 0) is 4.79 Å². The van der Waals surface area contributed by atoms with Gasteiger partial charge in [-0.2, -0.15) is 0 Å². The zero-order chi connectivity index (χ0) is 15.1. The van der Waals surface area contributed by atoms with E-state index in [0.29, 0.717) is 12.5 Å². The molecule has 120 valence electrons. The first-order valence-corrected chi connectivity index (χ1v) is 8.21. The van der Waals surface area contributed by atoms with Gasteiger partial charge in [-0.3, -0.25) is 4.79 Å². The Morgan fingerprint density at radius 1 is 1.05 bits per heavy atom. The number of urea groups is 1. The van der Waals surface area contributed by atoms with Gasteiger partial charge in [0, 0.05) is 19.1 Å². The molecular formula is C15H28N4O2. The van der Waals surface area contributed by atoms with Gasteiger partial charge in [0.05, 0.1) is 6.54 Å². The number of carbonyl (C=O) groups is 2. The first kappa shape index (κ1) is 16.1. The number of hydrogen-bond acceptors (Lipinski definition) is 3. The zero-order valence-corrected chi connectivity index (χ0v) is 12.8.